The molecule has 4 aromatic rings. The summed E-state index contributed by atoms with van der Waals surface area (Å²) >= 11 is 0. The van der Waals surface area contributed by atoms with Gasteiger partial charge in [0.25, 0.3) is 10.0 Å². The average Bonchev–Trinajstić information content (AvgIpc) is 3.12. The van der Waals surface area contributed by atoms with Gasteiger partial charge in [-0.1, -0.05) is 60.2 Å². The number of hydrogen-bond acceptors (Lipinski definition) is 4. The standard InChI is InChI=1S/C26H24N2O4S2/c1-20-14-16-22(17-15-20)33(29,30)27-18-8-7-13-26-24(19-27)23-11-5-6-12-25(23)28(26)34(31,32)21-9-3-2-4-10-21/h2-7,9-17H,8,18-19H2,1H3/b13-7-. The average molecular weight is 493 g/mol. The van der Waals surface area contributed by atoms with Crippen molar-refractivity contribution < 1.29 is 16.8 Å². The summed E-state index contributed by atoms with van der Waals surface area (Å²) in [6.07, 6.45) is 4.11. The molecule has 34 heavy (non-hydrogen) atoms. The summed E-state index contributed by atoms with van der Waals surface area (Å²) in [6, 6.07) is 22.3. The van der Waals surface area contributed by atoms with Crippen LogP contribution < -0.4 is 0 Å². The van der Waals surface area contributed by atoms with Gasteiger partial charge >= 0.3 is 0 Å². The van der Waals surface area contributed by atoms with Crippen LogP contribution in [-0.4, -0.2) is 31.7 Å². The normalized spacial score (nSPS) is 16.0. The van der Waals surface area contributed by atoms with Crippen LogP contribution in [0.15, 0.2) is 94.7 Å². The molecule has 0 atom stereocenters. The first-order valence-corrected chi connectivity index (χ1v) is 13.8. The second-order valence-corrected chi connectivity index (χ2v) is 12.0. The topological polar surface area (TPSA) is 76.5 Å². The molecule has 0 amide bonds. The minimum Gasteiger partial charge on any atom is -0.234 e. The van der Waals surface area contributed by atoms with E-state index in [1.807, 2.05) is 25.1 Å². The van der Waals surface area contributed by atoms with E-state index in [9.17, 15) is 16.8 Å². The van der Waals surface area contributed by atoms with Crippen LogP contribution in [0.3, 0.4) is 0 Å². The fourth-order valence-corrected chi connectivity index (χ4v) is 7.30. The fourth-order valence-electron chi connectivity index (χ4n) is 4.32. The number of fused-ring (bicyclic) bond motifs is 3. The lowest BCUT2D eigenvalue weighted by atomic mass is 10.1. The summed E-state index contributed by atoms with van der Waals surface area (Å²) in [5, 5.41) is 0.715. The van der Waals surface area contributed by atoms with E-state index in [4.69, 9.17) is 0 Å². The Balaban J connectivity index is 1.70. The molecule has 8 heteroatoms. The van der Waals surface area contributed by atoms with E-state index in [-0.39, 0.29) is 16.3 Å². The maximum absolute atomic E-state index is 13.7. The molecule has 0 spiro atoms. The van der Waals surface area contributed by atoms with Gasteiger partial charge in [-0.05, 0) is 49.8 Å². The van der Waals surface area contributed by atoms with Gasteiger partial charge in [0.15, 0.2) is 0 Å². The summed E-state index contributed by atoms with van der Waals surface area (Å²) in [4.78, 5) is 0.406. The highest BCUT2D eigenvalue weighted by Crippen LogP contribution is 2.34. The number of nitrogens with zero attached hydrogens (tertiary/aromatic N) is 2. The van der Waals surface area contributed by atoms with Crippen LogP contribution >= 0.6 is 0 Å². The quantitative estimate of drug-likeness (QED) is 0.410. The molecule has 3 aromatic carbocycles. The molecule has 1 aromatic heterocycles. The highest BCUT2D eigenvalue weighted by atomic mass is 32.2. The van der Waals surface area contributed by atoms with Crippen LogP contribution in [0.25, 0.3) is 17.0 Å². The summed E-state index contributed by atoms with van der Waals surface area (Å²) in [5.74, 6) is 0. The summed E-state index contributed by atoms with van der Waals surface area (Å²) < 4.78 is 57.2. The largest absolute Gasteiger partial charge is 0.268 e. The van der Waals surface area contributed by atoms with Gasteiger partial charge in [0.1, 0.15) is 0 Å². The summed E-state index contributed by atoms with van der Waals surface area (Å²) in [7, 11) is -7.67. The summed E-state index contributed by atoms with van der Waals surface area (Å²) in [6.45, 7) is 2.29. The zero-order valence-corrected chi connectivity index (χ0v) is 20.3. The molecule has 174 valence electrons. The molecule has 0 aliphatic carbocycles. The number of rotatable bonds is 4. The molecule has 0 radical (unpaired) electrons. The number of sulfonamides is 1. The van der Waals surface area contributed by atoms with Crippen LogP contribution in [0, 0.1) is 6.92 Å². The Bertz CT molecular complexity index is 1600. The molecule has 0 saturated heterocycles. The number of aryl methyl sites for hydroxylation is 1. The Kier molecular flexibility index (Phi) is 5.67. The van der Waals surface area contributed by atoms with Crippen molar-refractivity contribution in [2.45, 2.75) is 29.7 Å². The lowest BCUT2D eigenvalue weighted by Gasteiger charge is -2.23. The Morgan fingerprint density at radius 3 is 2.12 bits per heavy atom. The Morgan fingerprint density at radius 2 is 1.38 bits per heavy atom. The zero-order valence-electron chi connectivity index (χ0n) is 18.6. The van der Waals surface area contributed by atoms with E-state index in [0.29, 0.717) is 35.1 Å². The number of aromatic nitrogens is 1. The Morgan fingerprint density at radius 1 is 0.735 bits per heavy atom. The van der Waals surface area contributed by atoms with Crippen molar-refractivity contribution in [1.29, 1.82) is 0 Å². The van der Waals surface area contributed by atoms with E-state index < -0.39 is 20.0 Å². The Hall–Kier alpha value is -3.20. The lowest BCUT2D eigenvalue weighted by molar-refractivity contribution is 0.412. The van der Waals surface area contributed by atoms with Gasteiger partial charge in [0.05, 0.1) is 21.0 Å². The van der Waals surface area contributed by atoms with Crippen LogP contribution in [-0.2, 0) is 26.6 Å². The van der Waals surface area contributed by atoms with E-state index in [1.165, 1.54) is 8.28 Å². The van der Waals surface area contributed by atoms with E-state index in [1.54, 1.807) is 72.8 Å². The maximum atomic E-state index is 13.7. The third-order valence-electron chi connectivity index (χ3n) is 6.07. The van der Waals surface area contributed by atoms with Crippen LogP contribution in [0.2, 0.25) is 0 Å². The van der Waals surface area contributed by atoms with E-state index >= 15 is 0 Å². The van der Waals surface area contributed by atoms with Crippen molar-refractivity contribution in [3.8, 4) is 0 Å². The van der Waals surface area contributed by atoms with Crippen molar-refractivity contribution in [1.82, 2.24) is 8.28 Å². The zero-order chi connectivity index (χ0) is 23.9. The first kappa shape index (κ1) is 22.6. The monoisotopic (exact) mass is 492 g/mol. The van der Waals surface area contributed by atoms with Gasteiger partial charge in [-0.15, -0.1) is 0 Å². The minimum absolute atomic E-state index is 0.0771. The van der Waals surface area contributed by atoms with Gasteiger partial charge in [-0.25, -0.2) is 20.8 Å². The predicted octanol–water partition coefficient (Wildman–Crippen LogP) is 4.79. The molecule has 6 nitrogen and oxygen atoms in total. The first-order valence-electron chi connectivity index (χ1n) is 11.0. The van der Waals surface area contributed by atoms with Crippen LogP contribution in [0.4, 0.5) is 0 Å². The number of hydrogen-bond donors (Lipinski definition) is 0. The van der Waals surface area contributed by atoms with Gasteiger partial charge in [0, 0.05) is 24.0 Å². The van der Waals surface area contributed by atoms with Gasteiger partial charge < -0.3 is 0 Å². The molecule has 5 rings (SSSR count). The second-order valence-electron chi connectivity index (χ2n) is 8.31. The molecule has 0 bridgehead atoms. The van der Waals surface area contributed by atoms with E-state index in [0.717, 1.165) is 5.56 Å². The highest BCUT2D eigenvalue weighted by molar-refractivity contribution is 7.90. The van der Waals surface area contributed by atoms with Crippen molar-refractivity contribution in [2.75, 3.05) is 6.54 Å². The Labute approximate surface area is 199 Å². The molecular formula is C26H24N2O4S2. The minimum atomic E-state index is -3.90. The summed E-state index contributed by atoms with van der Waals surface area (Å²) in [5.41, 5.74) is 2.65. The van der Waals surface area contributed by atoms with Gasteiger partial charge in [-0.3, -0.25) is 0 Å². The fraction of sp³-hybridized carbons (Fsp3) is 0.154. The van der Waals surface area contributed by atoms with Crippen LogP contribution in [0.5, 0.6) is 0 Å². The molecular weight excluding hydrogens is 468 g/mol. The highest BCUT2D eigenvalue weighted by Gasteiger charge is 2.31. The molecule has 0 unspecified atom stereocenters. The van der Waals surface area contributed by atoms with E-state index in [2.05, 4.69) is 0 Å². The van der Waals surface area contributed by atoms with Crippen molar-refractivity contribution >= 4 is 37.0 Å². The SMILES string of the molecule is Cc1ccc(S(=O)(=O)N2CC/C=C\c3c(c4ccccc4n3S(=O)(=O)c3ccccc3)C2)cc1. The molecule has 1 aliphatic rings. The van der Waals surface area contributed by atoms with Crippen molar-refractivity contribution in [3.05, 3.63) is 102 Å². The second kappa shape index (κ2) is 8.54. The van der Waals surface area contributed by atoms with Crippen LogP contribution in [0.1, 0.15) is 23.2 Å². The predicted molar refractivity (Wildman–Crippen MR) is 133 cm³/mol. The number of para-hydroxylation sites is 1. The lowest BCUT2D eigenvalue weighted by Crippen LogP contribution is -2.32. The molecule has 2 heterocycles. The van der Waals surface area contributed by atoms with Crippen molar-refractivity contribution in [2.24, 2.45) is 0 Å². The van der Waals surface area contributed by atoms with Gasteiger partial charge in [0.2, 0.25) is 10.0 Å². The molecule has 0 N–H and O–H groups in total. The smallest absolute Gasteiger partial charge is 0.234 e. The molecule has 0 saturated carbocycles. The van der Waals surface area contributed by atoms with Crippen molar-refractivity contribution in [3.63, 3.8) is 0 Å². The first-order chi connectivity index (χ1) is 16.3. The third kappa shape index (κ3) is 3.77. The maximum Gasteiger partial charge on any atom is 0.268 e. The third-order valence-corrected chi connectivity index (χ3v) is 9.67. The number of benzene rings is 3. The molecule has 1 aliphatic heterocycles. The van der Waals surface area contributed by atoms with Gasteiger partial charge in [-0.2, -0.15) is 4.31 Å². The molecule has 0 fully saturated rings.